The molecule has 7 heteroatoms. The van der Waals surface area contributed by atoms with E-state index in [2.05, 4.69) is 4.98 Å². The summed E-state index contributed by atoms with van der Waals surface area (Å²) in [6.45, 7) is 2.78. The molecule has 0 aliphatic carbocycles. The molecule has 4 rings (SSSR count). The maximum absolute atomic E-state index is 13.2. The Labute approximate surface area is 160 Å². The van der Waals surface area contributed by atoms with Gasteiger partial charge in [0.15, 0.2) is 0 Å². The number of benzene rings is 1. The number of likely N-dealkylation sites (tertiary alicyclic amines) is 1. The van der Waals surface area contributed by atoms with Crippen molar-refractivity contribution in [3.63, 3.8) is 0 Å². The first-order valence-corrected chi connectivity index (χ1v) is 9.94. The minimum atomic E-state index is -0.324. The van der Waals surface area contributed by atoms with E-state index in [0.29, 0.717) is 10.2 Å². The molecule has 0 N–H and O–H groups in total. The van der Waals surface area contributed by atoms with Crippen LogP contribution in [0.5, 0.6) is 0 Å². The topological polar surface area (TPSA) is 55.2 Å². The van der Waals surface area contributed by atoms with E-state index in [9.17, 15) is 14.0 Å². The number of rotatable bonds is 3. The summed E-state index contributed by atoms with van der Waals surface area (Å²) in [5.41, 5.74) is 1.24. The Morgan fingerprint density at radius 1 is 1.30 bits per heavy atom. The van der Waals surface area contributed by atoms with Crippen LogP contribution in [0.2, 0.25) is 0 Å². The monoisotopic (exact) mass is 385 g/mol. The summed E-state index contributed by atoms with van der Waals surface area (Å²) < 4.78 is 14.6. The number of carbonyl (C=O) groups is 1. The second kappa shape index (κ2) is 7.23. The van der Waals surface area contributed by atoms with E-state index in [1.165, 1.54) is 34.4 Å². The number of thiophene rings is 1. The molecule has 3 aromatic rings. The first-order chi connectivity index (χ1) is 13.0. The third kappa shape index (κ3) is 3.39. The Hall–Kier alpha value is -2.54. The van der Waals surface area contributed by atoms with Crippen LogP contribution in [0.1, 0.15) is 26.2 Å². The van der Waals surface area contributed by atoms with E-state index in [0.717, 1.165) is 36.9 Å². The van der Waals surface area contributed by atoms with Gasteiger partial charge in [0.05, 0.1) is 11.7 Å². The lowest BCUT2D eigenvalue weighted by molar-refractivity contribution is -0.135. The Morgan fingerprint density at radius 2 is 2.07 bits per heavy atom. The van der Waals surface area contributed by atoms with E-state index in [1.807, 2.05) is 17.2 Å². The van der Waals surface area contributed by atoms with Gasteiger partial charge < -0.3 is 4.90 Å². The smallest absolute Gasteiger partial charge is 0.263 e. The zero-order valence-electron chi connectivity index (χ0n) is 15.0. The van der Waals surface area contributed by atoms with Crippen LogP contribution in [0.25, 0.3) is 21.3 Å². The highest BCUT2D eigenvalue weighted by atomic mass is 32.1. The summed E-state index contributed by atoms with van der Waals surface area (Å²) in [4.78, 5) is 32.6. The van der Waals surface area contributed by atoms with Gasteiger partial charge in [-0.3, -0.25) is 14.2 Å². The number of nitrogens with zero attached hydrogens (tertiary/aromatic N) is 3. The fourth-order valence-corrected chi connectivity index (χ4v) is 4.53. The molecule has 1 fully saturated rings. The van der Waals surface area contributed by atoms with Crippen molar-refractivity contribution in [3.8, 4) is 11.1 Å². The van der Waals surface area contributed by atoms with Gasteiger partial charge in [0.2, 0.25) is 5.91 Å². The predicted molar refractivity (Wildman–Crippen MR) is 104 cm³/mol. The number of hydrogen-bond donors (Lipinski definition) is 0. The Kier molecular flexibility index (Phi) is 4.78. The highest BCUT2D eigenvalue weighted by molar-refractivity contribution is 7.17. The van der Waals surface area contributed by atoms with Crippen LogP contribution in [-0.2, 0) is 11.3 Å². The molecule has 1 aliphatic rings. The number of amides is 1. The molecule has 0 bridgehead atoms. The summed E-state index contributed by atoms with van der Waals surface area (Å²) in [5, 5.41) is 2.33. The van der Waals surface area contributed by atoms with Gasteiger partial charge >= 0.3 is 0 Å². The van der Waals surface area contributed by atoms with E-state index < -0.39 is 0 Å². The Bertz CT molecular complexity index is 1040. The molecular formula is C20H20FN3O2S. The highest BCUT2D eigenvalue weighted by Crippen LogP contribution is 2.30. The highest BCUT2D eigenvalue weighted by Gasteiger charge is 2.24. The van der Waals surface area contributed by atoms with Crippen LogP contribution in [0.15, 0.2) is 40.8 Å². The van der Waals surface area contributed by atoms with Gasteiger partial charge in [-0.1, -0.05) is 12.1 Å². The van der Waals surface area contributed by atoms with Crippen LogP contribution >= 0.6 is 11.3 Å². The number of halogens is 1. The van der Waals surface area contributed by atoms with Gasteiger partial charge in [-0.25, -0.2) is 9.37 Å². The quantitative estimate of drug-likeness (QED) is 0.691. The average Bonchev–Trinajstić information content (AvgIpc) is 3.10. The lowest BCUT2D eigenvalue weighted by atomic mass is 10.0. The average molecular weight is 385 g/mol. The van der Waals surface area contributed by atoms with Crippen molar-refractivity contribution in [1.29, 1.82) is 0 Å². The standard InChI is InChI=1S/C20H20FN3O2S/c1-13-4-2-3-9-24(13)17(25)10-23-12-22-19-18(20(23)26)16(11-27-19)14-5-7-15(21)8-6-14/h5-8,11-13H,2-4,9-10H2,1H3/t13-/m0/s1. The minimum Gasteiger partial charge on any atom is -0.338 e. The van der Waals surface area contributed by atoms with Crippen LogP contribution < -0.4 is 5.56 Å². The largest absolute Gasteiger partial charge is 0.338 e. The van der Waals surface area contributed by atoms with Crippen LogP contribution in [-0.4, -0.2) is 32.9 Å². The van der Waals surface area contributed by atoms with Gasteiger partial charge in [0.25, 0.3) is 5.56 Å². The fourth-order valence-electron chi connectivity index (χ4n) is 3.63. The summed E-state index contributed by atoms with van der Waals surface area (Å²) in [6, 6.07) is 6.24. The molecule has 3 heterocycles. The summed E-state index contributed by atoms with van der Waals surface area (Å²) >= 11 is 1.37. The molecule has 1 atom stereocenters. The minimum absolute atomic E-state index is 0.00911. The van der Waals surface area contributed by atoms with Crippen molar-refractivity contribution in [3.05, 3.63) is 52.1 Å². The molecule has 0 spiro atoms. The third-order valence-corrected chi connectivity index (χ3v) is 6.03. The van der Waals surface area contributed by atoms with Crippen molar-refractivity contribution in [2.75, 3.05) is 6.54 Å². The number of aromatic nitrogens is 2. The Morgan fingerprint density at radius 3 is 2.81 bits per heavy atom. The lowest BCUT2D eigenvalue weighted by Gasteiger charge is -2.33. The van der Waals surface area contributed by atoms with E-state index >= 15 is 0 Å². The van der Waals surface area contributed by atoms with Gasteiger partial charge in [0.1, 0.15) is 17.2 Å². The molecule has 0 radical (unpaired) electrons. The molecule has 140 valence electrons. The number of carbonyl (C=O) groups excluding carboxylic acids is 1. The SMILES string of the molecule is C[C@H]1CCCCN1C(=O)Cn1cnc2scc(-c3ccc(F)cc3)c2c1=O. The maximum atomic E-state index is 13.2. The molecule has 1 saturated heterocycles. The molecule has 1 amide bonds. The van der Waals surface area contributed by atoms with E-state index in [1.54, 1.807) is 12.1 Å². The van der Waals surface area contributed by atoms with Crippen molar-refractivity contribution in [1.82, 2.24) is 14.5 Å². The van der Waals surface area contributed by atoms with Crippen molar-refractivity contribution in [2.24, 2.45) is 0 Å². The fraction of sp³-hybridized carbons (Fsp3) is 0.350. The number of piperidine rings is 1. The normalized spacial score (nSPS) is 17.4. The Balaban J connectivity index is 1.69. The second-order valence-electron chi connectivity index (χ2n) is 6.95. The summed E-state index contributed by atoms with van der Waals surface area (Å²) in [6.07, 6.45) is 4.58. The molecule has 0 unspecified atom stereocenters. The predicted octanol–water partition coefficient (Wildman–Crippen LogP) is 3.67. The van der Waals surface area contributed by atoms with Gasteiger partial charge in [0, 0.05) is 23.5 Å². The molecule has 1 aliphatic heterocycles. The van der Waals surface area contributed by atoms with Crippen LogP contribution in [0.4, 0.5) is 4.39 Å². The van der Waals surface area contributed by atoms with Crippen molar-refractivity contribution >= 4 is 27.5 Å². The third-order valence-electron chi connectivity index (χ3n) is 5.14. The molecule has 0 saturated carbocycles. The summed E-state index contributed by atoms with van der Waals surface area (Å²) in [5.74, 6) is -0.376. The zero-order chi connectivity index (χ0) is 19.0. The van der Waals surface area contributed by atoms with Crippen LogP contribution in [0, 0.1) is 5.82 Å². The molecule has 5 nitrogen and oxygen atoms in total. The molecule has 27 heavy (non-hydrogen) atoms. The van der Waals surface area contributed by atoms with Crippen molar-refractivity contribution in [2.45, 2.75) is 38.8 Å². The number of hydrogen-bond acceptors (Lipinski definition) is 4. The van der Waals surface area contributed by atoms with Gasteiger partial charge in [-0.15, -0.1) is 11.3 Å². The first-order valence-electron chi connectivity index (χ1n) is 9.06. The lowest BCUT2D eigenvalue weighted by Crippen LogP contribution is -2.44. The van der Waals surface area contributed by atoms with Gasteiger partial charge in [-0.05, 0) is 43.9 Å². The molecule has 2 aromatic heterocycles. The second-order valence-corrected chi connectivity index (χ2v) is 7.80. The number of fused-ring (bicyclic) bond motifs is 1. The maximum Gasteiger partial charge on any atom is 0.263 e. The molecule has 1 aromatic carbocycles. The van der Waals surface area contributed by atoms with Gasteiger partial charge in [-0.2, -0.15) is 0 Å². The first kappa shape index (κ1) is 17.9. The van der Waals surface area contributed by atoms with Crippen LogP contribution in [0.3, 0.4) is 0 Å². The van der Waals surface area contributed by atoms with E-state index in [-0.39, 0.29) is 29.9 Å². The molecular weight excluding hydrogens is 365 g/mol. The summed E-state index contributed by atoms with van der Waals surface area (Å²) in [7, 11) is 0. The van der Waals surface area contributed by atoms with E-state index in [4.69, 9.17) is 0 Å². The van der Waals surface area contributed by atoms with Crippen molar-refractivity contribution < 1.29 is 9.18 Å². The zero-order valence-corrected chi connectivity index (χ0v) is 15.8.